The zero-order valence-electron chi connectivity index (χ0n) is 20.7. The second-order valence-electron chi connectivity index (χ2n) is 9.13. The van der Waals surface area contributed by atoms with Gasteiger partial charge in [0, 0.05) is 52.4 Å². The van der Waals surface area contributed by atoms with Gasteiger partial charge in [0.05, 0.1) is 24.4 Å². The zero-order valence-corrected chi connectivity index (χ0v) is 20.7. The highest BCUT2D eigenvalue weighted by molar-refractivity contribution is 6.10. The minimum Gasteiger partial charge on any atom is -0.492 e. The van der Waals surface area contributed by atoms with Crippen LogP contribution in [0.2, 0.25) is 0 Å². The van der Waals surface area contributed by atoms with Crippen LogP contribution in [0.1, 0.15) is 30.4 Å². The van der Waals surface area contributed by atoms with Crippen molar-refractivity contribution in [3.05, 3.63) is 78.4 Å². The van der Waals surface area contributed by atoms with Crippen molar-refractivity contribution in [1.82, 2.24) is 24.6 Å². The molecule has 0 radical (unpaired) electrons. The monoisotopic (exact) mass is 489 g/mol. The largest absolute Gasteiger partial charge is 0.492 e. The lowest BCUT2D eigenvalue weighted by atomic mass is 9.75. The Balaban J connectivity index is 1.43. The summed E-state index contributed by atoms with van der Waals surface area (Å²) in [6.45, 7) is 1.07. The van der Waals surface area contributed by atoms with Gasteiger partial charge in [0.2, 0.25) is 17.7 Å². The Morgan fingerprint density at radius 3 is 2.64 bits per heavy atom. The summed E-state index contributed by atoms with van der Waals surface area (Å²) in [5.41, 5.74) is 0.510. The number of likely N-dealkylation sites (tertiary alicyclic amines) is 1. The number of aromatic nitrogens is 3. The highest BCUT2D eigenvalue weighted by atomic mass is 16.5. The first-order valence-electron chi connectivity index (χ1n) is 12.0. The van der Waals surface area contributed by atoms with Crippen molar-refractivity contribution in [1.29, 1.82) is 0 Å². The van der Waals surface area contributed by atoms with Crippen molar-refractivity contribution in [3.8, 4) is 5.75 Å². The van der Waals surface area contributed by atoms with Gasteiger partial charge in [-0.2, -0.15) is 5.10 Å². The van der Waals surface area contributed by atoms with E-state index in [0.717, 1.165) is 5.56 Å². The van der Waals surface area contributed by atoms with Crippen molar-refractivity contribution < 1.29 is 19.1 Å². The summed E-state index contributed by atoms with van der Waals surface area (Å²) < 4.78 is 7.38. The number of likely N-dealkylation sites (N-methyl/N-ethyl adjacent to an activating group) is 1. The molecular formula is C27H31N5O4. The summed E-state index contributed by atoms with van der Waals surface area (Å²) >= 11 is 0. The molecule has 1 atom stereocenters. The fraction of sp³-hybridized carbons (Fsp3) is 0.370. The van der Waals surface area contributed by atoms with Crippen LogP contribution in [-0.2, 0) is 33.3 Å². The maximum Gasteiger partial charge on any atom is 0.240 e. The lowest BCUT2D eigenvalue weighted by molar-refractivity contribution is -0.142. The first kappa shape index (κ1) is 25.1. The number of aryl methyl sites for hydroxylation is 1. The van der Waals surface area contributed by atoms with Crippen LogP contribution in [0, 0.1) is 0 Å². The second-order valence-corrected chi connectivity index (χ2v) is 9.13. The van der Waals surface area contributed by atoms with Gasteiger partial charge in [-0.15, -0.1) is 0 Å². The molecule has 4 rings (SSSR count). The Bertz CT molecular complexity index is 1200. The summed E-state index contributed by atoms with van der Waals surface area (Å²) in [5, 5.41) is 4.16. The first-order valence-corrected chi connectivity index (χ1v) is 12.0. The fourth-order valence-corrected chi connectivity index (χ4v) is 4.51. The number of hydrogen-bond acceptors (Lipinski definition) is 6. The van der Waals surface area contributed by atoms with Gasteiger partial charge in [0.1, 0.15) is 5.75 Å². The molecule has 1 saturated heterocycles. The van der Waals surface area contributed by atoms with Crippen molar-refractivity contribution in [2.24, 2.45) is 7.05 Å². The fourth-order valence-electron chi connectivity index (χ4n) is 4.51. The number of imide groups is 1. The molecule has 1 aliphatic rings. The summed E-state index contributed by atoms with van der Waals surface area (Å²) in [6, 6.07) is 12.7. The van der Waals surface area contributed by atoms with Crippen LogP contribution in [-0.4, -0.2) is 69.0 Å². The average molecular weight is 490 g/mol. The topological polar surface area (TPSA) is 97.6 Å². The molecule has 1 aliphatic heterocycles. The van der Waals surface area contributed by atoms with Gasteiger partial charge in [0.15, 0.2) is 0 Å². The highest BCUT2D eigenvalue weighted by Gasteiger charge is 2.53. The van der Waals surface area contributed by atoms with Gasteiger partial charge in [-0.25, -0.2) is 0 Å². The Morgan fingerprint density at radius 1 is 1.14 bits per heavy atom. The maximum atomic E-state index is 13.7. The Morgan fingerprint density at radius 2 is 1.94 bits per heavy atom. The molecule has 9 heteroatoms. The number of amides is 3. The van der Waals surface area contributed by atoms with Crippen molar-refractivity contribution in [2.75, 3.05) is 26.7 Å². The van der Waals surface area contributed by atoms with E-state index >= 15 is 0 Å². The van der Waals surface area contributed by atoms with Crippen LogP contribution in [0.4, 0.5) is 0 Å². The SMILES string of the molecule is CN(CCc1cnn(C)c1)C(=O)C[C@@]1(c2ccccc2)CC(=O)N(CCCOc2cccnc2)C1=O. The number of nitrogens with zero attached hydrogens (tertiary/aromatic N) is 5. The third-order valence-electron chi connectivity index (χ3n) is 6.54. The molecule has 0 unspecified atom stereocenters. The van der Waals surface area contributed by atoms with E-state index in [1.165, 1.54) is 4.90 Å². The van der Waals surface area contributed by atoms with Crippen LogP contribution in [0.25, 0.3) is 0 Å². The minimum absolute atomic E-state index is 0.0263. The van der Waals surface area contributed by atoms with Crippen molar-refractivity contribution >= 4 is 17.7 Å². The second kappa shape index (κ2) is 11.2. The number of pyridine rings is 1. The van der Waals surface area contributed by atoms with E-state index in [-0.39, 0.29) is 37.1 Å². The molecule has 0 spiro atoms. The molecule has 2 aromatic heterocycles. The smallest absolute Gasteiger partial charge is 0.240 e. The molecule has 1 aromatic carbocycles. The summed E-state index contributed by atoms with van der Waals surface area (Å²) in [6.07, 6.45) is 8.02. The van der Waals surface area contributed by atoms with E-state index in [2.05, 4.69) is 10.1 Å². The maximum absolute atomic E-state index is 13.7. The number of carbonyl (C=O) groups excluding carboxylic acids is 3. The molecule has 1 fully saturated rings. The van der Waals surface area contributed by atoms with Gasteiger partial charge in [-0.3, -0.25) is 28.9 Å². The summed E-state index contributed by atoms with van der Waals surface area (Å²) in [4.78, 5) is 46.9. The van der Waals surface area contributed by atoms with E-state index in [1.54, 1.807) is 47.4 Å². The Kier molecular flexibility index (Phi) is 7.77. The van der Waals surface area contributed by atoms with Gasteiger partial charge >= 0.3 is 0 Å². The zero-order chi connectivity index (χ0) is 25.5. The normalized spacial score (nSPS) is 17.4. The number of ether oxygens (including phenoxy) is 1. The van der Waals surface area contributed by atoms with E-state index < -0.39 is 5.41 Å². The molecule has 3 amide bonds. The third-order valence-corrected chi connectivity index (χ3v) is 6.54. The average Bonchev–Trinajstić information content (AvgIpc) is 3.41. The molecule has 188 valence electrons. The number of benzene rings is 1. The number of carbonyl (C=O) groups is 3. The standard InChI is InChI=1S/C27H31N5O4/c1-30(14-11-21-18-29-31(2)20-21)24(33)16-27(22-8-4-3-5-9-22)17-25(34)32(26(27)35)13-7-15-36-23-10-6-12-28-19-23/h3-6,8-10,12,18-20H,7,11,13-17H2,1-2H3/t27-/m0/s1. The molecule has 0 aliphatic carbocycles. The van der Waals surface area contributed by atoms with Crippen molar-refractivity contribution in [3.63, 3.8) is 0 Å². The first-order chi connectivity index (χ1) is 17.4. The Hall–Kier alpha value is -4.01. The van der Waals surface area contributed by atoms with Gasteiger partial charge < -0.3 is 9.64 Å². The predicted octanol–water partition coefficient (Wildman–Crippen LogP) is 2.37. The molecule has 3 heterocycles. The van der Waals surface area contributed by atoms with Gasteiger partial charge in [0.25, 0.3) is 0 Å². The van der Waals surface area contributed by atoms with E-state index in [4.69, 9.17) is 4.74 Å². The molecule has 0 N–H and O–H groups in total. The number of hydrogen-bond donors (Lipinski definition) is 0. The van der Waals surface area contributed by atoms with Crippen LogP contribution in [0.3, 0.4) is 0 Å². The van der Waals surface area contributed by atoms with Crippen LogP contribution in [0.5, 0.6) is 5.75 Å². The quantitative estimate of drug-likeness (QED) is 0.303. The van der Waals surface area contributed by atoms with Gasteiger partial charge in [-0.05, 0) is 36.1 Å². The van der Waals surface area contributed by atoms with Crippen molar-refractivity contribution in [2.45, 2.75) is 31.1 Å². The molecule has 36 heavy (non-hydrogen) atoms. The molecule has 0 saturated carbocycles. The number of rotatable bonds is 11. The molecule has 3 aromatic rings. The molecule has 9 nitrogen and oxygen atoms in total. The van der Waals surface area contributed by atoms with E-state index in [0.29, 0.717) is 37.3 Å². The van der Waals surface area contributed by atoms with Crippen LogP contribution in [0.15, 0.2) is 67.3 Å². The van der Waals surface area contributed by atoms with E-state index in [9.17, 15) is 14.4 Å². The molecule has 0 bridgehead atoms. The highest BCUT2D eigenvalue weighted by Crippen LogP contribution is 2.40. The van der Waals surface area contributed by atoms with Crippen LogP contribution < -0.4 is 4.74 Å². The molecular weight excluding hydrogens is 458 g/mol. The van der Waals surface area contributed by atoms with Gasteiger partial charge in [-0.1, -0.05) is 30.3 Å². The lowest BCUT2D eigenvalue weighted by Gasteiger charge is -2.29. The summed E-state index contributed by atoms with van der Waals surface area (Å²) in [7, 11) is 3.58. The Labute approximate surface area is 210 Å². The lowest BCUT2D eigenvalue weighted by Crippen LogP contribution is -2.43. The van der Waals surface area contributed by atoms with E-state index in [1.807, 2.05) is 43.6 Å². The minimum atomic E-state index is -1.21. The third kappa shape index (κ3) is 5.62. The predicted molar refractivity (Wildman–Crippen MR) is 133 cm³/mol. The van der Waals surface area contributed by atoms with Crippen LogP contribution >= 0.6 is 0 Å². The summed E-state index contributed by atoms with van der Waals surface area (Å²) in [5.74, 6) is -0.133.